The van der Waals surface area contributed by atoms with Gasteiger partial charge >= 0.3 is 0 Å². The number of carbonyl (C=O) groups is 1. The summed E-state index contributed by atoms with van der Waals surface area (Å²) in [6.45, 7) is 3.81. The van der Waals surface area contributed by atoms with Crippen LogP contribution in [0.25, 0.3) is 0 Å². The fraction of sp³-hybridized carbons (Fsp3) is 0.462. The van der Waals surface area contributed by atoms with Crippen molar-refractivity contribution in [3.63, 3.8) is 0 Å². The summed E-state index contributed by atoms with van der Waals surface area (Å²) in [5.74, 6) is -0.561. The Hall–Kier alpha value is -1.26. The molecule has 1 aromatic carbocycles. The van der Waals surface area contributed by atoms with Gasteiger partial charge in [0.25, 0.3) is 0 Å². The molecule has 1 fully saturated rings. The van der Waals surface area contributed by atoms with Gasteiger partial charge in [0.2, 0.25) is 0 Å². The van der Waals surface area contributed by atoms with Gasteiger partial charge in [-0.1, -0.05) is 12.1 Å². The fourth-order valence-electron chi connectivity index (χ4n) is 1.91. The summed E-state index contributed by atoms with van der Waals surface area (Å²) in [6.07, 6.45) is 0.362. The normalized spacial score (nSPS) is 17.0. The summed E-state index contributed by atoms with van der Waals surface area (Å²) in [4.78, 5) is 14.0. The topological polar surface area (TPSA) is 29.5 Å². The van der Waals surface area contributed by atoms with Crippen LogP contribution in [0, 0.1) is 5.82 Å². The Kier molecular flexibility index (Phi) is 4.23. The zero-order valence-electron chi connectivity index (χ0n) is 9.69. The monoisotopic (exact) mass is 237 g/mol. The summed E-state index contributed by atoms with van der Waals surface area (Å²) in [5, 5.41) is 0. The van der Waals surface area contributed by atoms with Gasteiger partial charge in [-0.2, -0.15) is 0 Å². The van der Waals surface area contributed by atoms with Crippen LogP contribution in [0.15, 0.2) is 24.3 Å². The van der Waals surface area contributed by atoms with E-state index in [1.54, 1.807) is 12.1 Å². The number of hydrogen-bond acceptors (Lipinski definition) is 3. The van der Waals surface area contributed by atoms with Crippen LogP contribution in [-0.2, 0) is 4.74 Å². The van der Waals surface area contributed by atoms with E-state index in [0.29, 0.717) is 26.2 Å². The highest BCUT2D eigenvalue weighted by atomic mass is 19.1. The van der Waals surface area contributed by atoms with Crippen molar-refractivity contribution in [2.75, 3.05) is 32.8 Å². The molecule has 4 heteroatoms. The summed E-state index contributed by atoms with van der Waals surface area (Å²) < 4.78 is 18.6. The van der Waals surface area contributed by atoms with Gasteiger partial charge in [-0.05, 0) is 12.1 Å². The van der Waals surface area contributed by atoms with Crippen LogP contribution in [0.3, 0.4) is 0 Å². The Labute approximate surface area is 100 Å². The third kappa shape index (κ3) is 3.35. The van der Waals surface area contributed by atoms with Crippen LogP contribution < -0.4 is 0 Å². The van der Waals surface area contributed by atoms with Gasteiger partial charge in [-0.25, -0.2) is 4.39 Å². The van der Waals surface area contributed by atoms with Gasteiger partial charge in [0.15, 0.2) is 5.78 Å². The van der Waals surface area contributed by atoms with E-state index in [4.69, 9.17) is 4.74 Å². The van der Waals surface area contributed by atoms with Crippen molar-refractivity contribution >= 4 is 5.78 Å². The van der Waals surface area contributed by atoms with Crippen LogP contribution in [0.2, 0.25) is 0 Å². The first-order valence-electron chi connectivity index (χ1n) is 5.85. The standard InChI is InChI=1S/C13H16FNO2/c14-12-4-2-1-3-11(12)13(16)5-6-15-7-9-17-10-8-15/h1-4H,5-10H2. The third-order valence-electron chi connectivity index (χ3n) is 2.93. The zero-order chi connectivity index (χ0) is 12.1. The number of hydrogen-bond donors (Lipinski definition) is 0. The molecule has 1 aliphatic rings. The number of rotatable bonds is 4. The molecule has 1 aromatic rings. The number of nitrogens with zero attached hydrogens (tertiary/aromatic N) is 1. The predicted molar refractivity (Wildman–Crippen MR) is 62.6 cm³/mol. The number of carbonyl (C=O) groups excluding carboxylic acids is 1. The van der Waals surface area contributed by atoms with Crippen LogP contribution in [0.1, 0.15) is 16.8 Å². The molecule has 1 saturated heterocycles. The number of Topliss-reactive ketones (excluding diaryl/α,β-unsaturated/α-hetero) is 1. The molecular formula is C13H16FNO2. The van der Waals surface area contributed by atoms with Crippen LogP contribution in [0.4, 0.5) is 4.39 Å². The Balaban J connectivity index is 1.87. The second-order valence-electron chi connectivity index (χ2n) is 4.11. The molecule has 0 unspecified atom stereocenters. The SMILES string of the molecule is O=C(CCN1CCOCC1)c1ccccc1F. The molecule has 0 saturated carbocycles. The number of ether oxygens (including phenoxy) is 1. The molecule has 0 aliphatic carbocycles. The number of ketones is 1. The van der Waals surface area contributed by atoms with E-state index < -0.39 is 5.82 Å². The molecule has 1 aliphatic heterocycles. The average molecular weight is 237 g/mol. The lowest BCUT2D eigenvalue weighted by atomic mass is 10.1. The summed E-state index contributed by atoms with van der Waals surface area (Å²) in [5.41, 5.74) is 0.195. The largest absolute Gasteiger partial charge is 0.379 e. The minimum absolute atomic E-state index is 0.130. The van der Waals surface area contributed by atoms with Gasteiger partial charge < -0.3 is 4.74 Å². The van der Waals surface area contributed by atoms with E-state index >= 15 is 0 Å². The van der Waals surface area contributed by atoms with Crippen LogP contribution >= 0.6 is 0 Å². The van der Waals surface area contributed by atoms with E-state index in [1.165, 1.54) is 12.1 Å². The lowest BCUT2D eigenvalue weighted by Gasteiger charge is -2.26. The van der Waals surface area contributed by atoms with Gasteiger partial charge in [0, 0.05) is 26.1 Å². The van der Waals surface area contributed by atoms with Crippen LogP contribution in [-0.4, -0.2) is 43.5 Å². The maximum absolute atomic E-state index is 13.4. The van der Waals surface area contributed by atoms with Gasteiger partial charge in [0.05, 0.1) is 18.8 Å². The minimum Gasteiger partial charge on any atom is -0.379 e. The smallest absolute Gasteiger partial charge is 0.167 e. The molecule has 0 N–H and O–H groups in total. The van der Waals surface area contributed by atoms with Gasteiger partial charge in [-0.15, -0.1) is 0 Å². The Morgan fingerprint density at radius 2 is 2.00 bits per heavy atom. The first-order chi connectivity index (χ1) is 8.27. The molecule has 3 nitrogen and oxygen atoms in total. The molecule has 0 atom stereocenters. The maximum Gasteiger partial charge on any atom is 0.167 e. The highest BCUT2D eigenvalue weighted by Gasteiger charge is 2.14. The zero-order valence-corrected chi connectivity index (χ0v) is 9.69. The molecule has 0 spiro atoms. The molecule has 1 heterocycles. The highest BCUT2D eigenvalue weighted by molar-refractivity contribution is 5.96. The molecule has 2 rings (SSSR count). The van der Waals surface area contributed by atoms with Crippen molar-refractivity contribution in [2.45, 2.75) is 6.42 Å². The highest BCUT2D eigenvalue weighted by Crippen LogP contribution is 2.10. The van der Waals surface area contributed by atoms with Crippen molar-refractivity contribution in [1.82, 2.24) is 4.90 Å². The van der Waals surface area contributed by atoms with Crippen molar-refractivity contribution in [3.05, 3.63) is 35.6 Å². The first-order valence-corrected chi connectivity index (χ1v) is 5.85. The van der Waals surface area contributed by atoms with Crippen molar-refractivity contribution in [3.8, 4) is 0 Å². The molecule has 0 bridgehead atoms. The average Bonchev–Trinajstić information content (AvgIpc) is 2.38. The third-order valence-corrected chi connectivity index (χ3v) is 2.93. The number of halogens is 1. The second-order valence-corrected chi connectivity index (χ2v) is 4.11. The number of morpholine rings is 1. The number of benzene rings is 1. The van der Waals surface area contributed by atoms with Gasteiger partial charge in [-0.3, -0.25) is 9.69 Å². The maximum atomic E-state index is 13.4. The lowest BCUT2D eigenvalue weighted by Crippen LogP contribution is -2.37. The first kappa shape index (κ1) is 12.2. The molecule has 17 heavy (non-hydrogen) atoms. The van der Waals surface area contributed by atoms with E-state index in [2.05, 4.69) is 4.90 Å². The molecule has 0 amide bonds. The quantitative estimate of drug-likeness (QED) is 0.747. The summed E-state index contributed by atoms with van der Waals surface area (Å²) >= 11 is 0. The predicted octanol–water partition coefficient (Wildman–Crippen LogP) is 1.73. The van der Waals surface area contributed by atoms with Crippen molar-refractivity contribution in [1.29, 1.82) is 0 Å². The molecule has 0 radical (unpaired) electrons. The Bertz CT molecular complexity index is 389. The van der Waals surface area contributed by atoms with E-state index in [9.17, 15) is 9.18 Å². The van der Waals surface area contributed by atoms with E-state index in [-0.39, 0.29) is 11.3 Å². The fourth-order valence-corrected chi connectivity index (χ4v) is 1.91. The summed E-state index contributed by atoms with van der Waals surface area (Å²) in [7, 11) is 0. The van der Waals surface area contributed by atoms with E-state index in [0.717, 1.165) is 13.1 Å². The molecule has 0 aromatic heterocycles. The van der Waals surface area contributed by atoms with Gasteiger partial charge in [0.1, 0.15) is 5.82 Å². The lowest BCUT2D eigenvalue weighted by molar-refractivity contribution is 0.0370. The van der Waals surface area contributed by atoms with Crippen LogP contribution in [0.5, 0.6) is 0 Å². The summed E-state index contributed by atoms with van der Waals surface area (Å²) in [6, 6.07) is 6.14. The second kappa shape index (κ2) is 5.89. The van der Waals surface area contributed by atoms with Crippen molar-refractivity contribution in [2.24, 2.45) is 0 Å². The Morgan fingerprint density at radius 1 is 1.29 bits per heavy atom. The minimum atomic E-state index is -0.431. The molecule has 92 valence electrons. The Morgan fingerprint density at radius 3 is 2.71 bits per heavy atom. The van der Waals surface area contributed by atoms with Crippen molar-refractivity contribution < 1.29 is 13.9 Å². The van der Waals surface area contributed by atoms with E-state index in [1.807, 2.05) is 0 Å². The molecular weight excluding hydrogens is 221 g/mol.